The first-order valence-electron chi connectivity index (χ1n) is 6.92. The fraction of sp³-hybridized carbons (Fsp3) is 0.294. The molecule has 1 aliphatic rings. The van der Waals surface area contributed by atoms with Gasteiger partial charge in [0.25, 0.3) is 0 Å². The van der Waals surface area contributed by atoms with Gasteiger partial charge in [0, 0.05) is 27.4 Å². The monoisotopic (exact) mass is 409 g/mol. The SMILES string of the molecule is COc1ccc(Br)c(CC2(c3cccc(Br)c3)CNC2)c1. The quantitative estimate of drug-likeness (QED) is 0.810. The predicted octanol–water partition coefficient (Wildman–Crippen LogP) is 4.30. The summed E-state index contributed by atoms with van der Waals surface area (Å²) in [5.74, 6) is 0.907. The number of hydrogen-bond donors (Lipinski definition) is 1. The molecule has 0 amide bonds. The molecular formula is C17H17Br2NO. The Morgan fingerprint density at radius 2 is 1.95 bits per heavy atom. The van der Waals surface area contributed by atoms with Gasteiger partial charge in [0.15, 0.2) is 0 Å². The molecule has 2 nitrogen and oxygen atoms in total. The van der Waals surface area contributed by atoms with Crippen LogP contribution in [0.25, 0.3) is 0 Å². The molecule has 2 aromatic rings. The van der Waals surface area contributed by atoms with Crippen LogP contribution in [0.1, 0.15) is 11.1 Å². The lowest BCUT2D eigenvalue weighted by atomic mass is 9.71. The van der Waals surface area contributed by atoms with Crippen LogP contribution in [0.5, 0.6) is 5.75 Å². The maximum atomic E-state index is 5.36. The number of ether oxygens (including phenoxy) is 1. The van der Waals surface area contributed by atoms with Crippen molar-refractivity contribution in [1.82, 2.24) is 5.32 Å². The summed E-state index contributed by atoms with van der Waals surface area (Å²) in [6, 6.07) is 14.8. The van der Waals surface area contributed by atoms with Crippen molar-refractivity contribution in [2.75, 3.05) is 20.2 Å². The van der Waals surface area contributed by atoms with E-state index in [1.165, 1.54) is 11.1 Å². The molecule has 4 heteroatoms. The number of hydrogen-bond acceptors (Lipinski definition) is 2. The highest BCUT2D eigenvalue weighted by Gasteiger charge is 2.39. The molecule has 0 atom stereocenters. The van der Waals surface area contributed by atoms with E-state index < -0.39 is 0 Å². The van der Waals surface area contributed by atoms with Crippen LogP contribution < -0.4 is 10.1 Å². The molecule has 2 aromatic carbocycles. The fourth-order valence-electron chi connectivity index (χ4n) is 2.85. The van der Waals surface area contributed by atoms with E-state index in [2.05, 4.69) is 73.6 Å². The number of nitrogens with one attached hydrogen (secondary N) is 1. The van der Waals surface area contributed by atoms with Crippen LogP contribution in [0.3, 0.4) is 0 Å². The zero-order chi connectivity index (χ0) is 14.9. The van der Waals surface area contributed by atoms with Gasteiger partial charge in [0.2, 0.25) is 0 Å². The zero-order valence-corrected chi connectivity index (χ0v) is 15.0. The molecule has 3 rings (SSSR count). The number of methoxy groups -OCH3 is 1. The molecule has 1 saturated heterocycles. The molecule has 1 fully saturated rings. The van der Waals surface area contributed by atoms with Crippen LogP contribution in [-0.4, -0.2) is 20.2 Å². The van der Waals surface area contributed by atoms with Gasteiger partial charge >= 0.3 is 0 Å². The highest BCUT2D eigenvalue weighted by atomic mass is 79.9. The Morgan fingerprint density at radius 3 is 2.57 bits per heavy atom. The highest BCUT2D eigenvalue weighted by molar-refractivity contribution is 9.10. The van der Waals surface area contributed by atoms with Crippen LogP contribution in [0.2, 0.25) is 0 Å². The van der Waals surface area contributed by atoms with Crippen LogP contribution >= 0.6 is 31.9 Å². The Kier molecular flexibility index (Phi) is 4.38. The third-order valence-electron chi connectivity index (χ3n) is 4.15. The summed E-state index contributed by atoms with van der Waals surface area (Å²) < 4.78 is 7.64. The first kappa shape index (κ1) is 15.1. The van der Waals surface area contributed by atoms with Crippen molar-refractivity contribution in [1.29, 1.82) is 0 Å². The van der Waals surface area contributed by atoms with E-state index in [-0.39, 0.29) is 5.41 Å². The van der Waals surface area contributed by atoms with Gasteiger partial charge in [-0.1, -0.05) is 44.0 Å². The Morgan fingerprint density at radius 1 is 1.14 bits per heavy atom. The second-order valence-electron chi connectivity index (χ2n) is 5.53. The summed E-state index contributed by atoms with van der Waals surface area (Å²) in [6.45, 7) is 2.01. The molecule has 0 unspecified atom stereocenters. The van der Waals surface area contributed by atoms with E-state index in [0.717, 1.165) is 34.2 Å². The molecule has 0 aliphatic carbocycles. The van der Waals surface area contributed by atoms with Gasteiger partial charge in [-0.05, 0) is 47.9 Å². The second kappa shape index (κ2) is 6.11. The summed E-state index contributed by atoms with van der Waals surface area (Å²) in [5, 5.41) is 3.43. The van der Waals surface area contributed by atoms with E-state index >= 15 is 0 Å². The highest BCUT2D eigenvalue weighted by Crippen LogP contribution is 2.36. The molecule has 1 heterocycles. The summed E-state index contributed by atoms with van der Waals surface area (Å²) in [4.78, 5) is 0. The van der Waals surface area contributed by atoms with Crippen LogP contribution in [0.4, 0.5) is 0 Å². The lowest BCUT2D eigenvalue weighted by Gasteiger charge is -2.44. The minimum Gasteiger partial charge on any atom is -0.497 e. The first-order valence-corrected chi connectivity index (χ1v) is 8.51. The second-order valence-corrected chi connectivity index (χ2v) is 7.30. The minimum atomic E-state index is 0.165. The molecule has 0 saturated carbocycles. The molecule has 0 spiro atoms. The maximum absolute atomic E-state index is 5.36. The number of rotatable bonds is 4. The zero-order valence-electron chi connectivity index (χ0n) is 11.8. The van der Waals surface area contributed by atoms with Crippen molar-refractivity contribution in [3.63, 3.8) is 0 Å². The molecule has 0 aromatic heterocycles. The standard InChI is InChI=1S/C17H17Br2NO/c1-21-15-5-6-16(19)12(7-15)9-17(10-20-11-17)13-3-2-4-14(18)8-13/h2-8,20H,9-11H2,1H3. The van der Waals surface area contributed by atoms with Crippen LogP contribution in [0, 0.1) is 0 Å². The summed E-state index contributed by atoms with van der Waals surface area (Å²) in [7, 11) is 1.71. The molecule has 21 heavy (non-hydrogen) atoms. The Bertz CT molecular complexity index is 653. The average molecular weight is 411 g/mol. The molecule has 0 bridgehead atoms. The van der Waals surface area contributed by atoms with Gasteiger partial charge in [-0.2, -0.15) is 0 Å². The Labute approximate surface area is 142 Å². The molecule has 1 N–H and O–H groups in total. The first-order chi connectivity index (χ1) is 10.1. The van der Waals surface area contributed by atoms with Crippen molar-refractivity contribution in [2.45, 2.75) is 11.8 Å². The summed E-state index contributed by atoms with van der Waals surface area (Å²) in [5.41, 5.74) is 2.83. The summed E-state index contributed by atoms with van der Waals surface area (Å²) >= 11 is 7.25. The predicted molar refractivity (Wildman–Crippen MR) is 93.1 cm³/mol. The fourth-order valence-corrected chi connectivity index (χ4v) is 3.64. The van der Waals surface area contributed by atoms with Gasteiger partial charge in [0.05, 0.1) is 7.11 Å². The third-order valence-corrected chi connectivity index (χ3v) is 5.41. The minimum absolute atomic E-state index is 0.165. The largest absolute Gasteiger partial charge is 0.497 e. The van der Waals surface area contributed by atoms with Gasteiger partial charge in [-0.25, -0.2) is 0 Å². The summed E-state index contributed by atoms with van der Waals surface area (Å²) in [6.07, 6.45) is 0.994. The van der Waals surface area contributed by atoms with Crippen LogP contribution in [-0.2, 0) is 11.8 Å². The van der Waals surface area contributed by atoms with E-state index in [0.29, 0.717) is 0 Å². The Hall–Kier alpha value is -0.840. The van der Waals surface area contributed by atoms with Crippen molar-refractivity contribution < 1.29 is 4.74 Å². The molecular weight excluding hydrogens is 394 g/mol. The van der Waals surface area contributed by atoms with Crippen molar-refractivity contribution >= 4 is 31.9 Å². The van der Waals surface area contributed by atoms with Crippen molar-refractivity contribution in [3.05, 3.63) is 62.5 Å². The van der Waals surface area contributed by atoms with Crippen molar-refractivity contribution in [2.24, 2.45) is 0 Å². The number of halogens is 2. The lowest BCUT2D eigenvalue weighted by molar-refractivity contribution is 0.274. The topological polar surface area (TPSA) is 21.3 Å². The molecule has 110 valence electrons. The van der Waals surface area contributed by atoms with E-state index in [9.17, 15) is 0 Å². The van der Waals surface area contributed by atoms with Crippen molar-refractivity contribution in [3.8, 4) is 5.75 Å². The van der Waals surface area contributed by atoms with Gasteiger partial charge in [-0.15, -0.1) is 0 Å². The maximum Gasteiger partial charge on any atom is 0.119 e. The van der Waals surface area contributed by atoms with Crippen LogP contribution in [0.15, 0.2) is 51.4 Å². The van der Waals surface area contributed by atoms with Gasteiger partial charge < -0.3 is 10.1 Å². The third kappa shape index (κ3) is 3.03. The van der Waals surface area contributed by atoms with E-state index in [4.69, 9.17) is 4.74 Å². The average Bonchev–Trinajstić information content (AvgIpc) is 2.44. The molecule has 0 radical (unpaired) electrons. The van der Waals surface area contributed by atoms with Gasteiger partial charge in [0.1, 0.15) is 5.75 Å². The van der Waals surface area contributed by atoms with E-state index in [1.54, 1.807) is 7.11 Å². The van der Waals surface area contributed by atoms with E-state index in [1.807, 2.05) is 6.07 Å². The molecule has 1 aliphatic heterocycles. The normalized spacial score (nSPS) is 16.3. The Balaban J connectivity index is 1.94. The lowest BCUT2D eigenvalue weighted by Crippen LogP contribution is -2.58. The van der Waals surface area contributed by atoms with Gasteiger partial charge in [-0.3, -0.25) is 0 Å². The smallest absolute Gasteiger partial charge is 0.119 e. The number of benzene rings is 2.